The van der Waals surface area contributed by atoms with Gasteiger partial charge in [0.05, 0.1) is 11.4 Å². The largest absolute Gasteiger partial charge is 0.338 e. The van der Waals surface area contributed by atoms with E-state index in [4.69, 9.17) is 9.66 Å². The lowest BCUT2D eigenvalue weighted by Gasteiger charge is -2.13. The Kier molecular flexibility index (Phi) is 4.17. The number of nitrogens with one attached hydrogen (secondary N) is 1. The lowest BCUT2D eigenvalue weighted by atomic mass is 10.1. The molecule has 0 aliphatic rings. The van der Waals surface area contributed by atoms with Gasteiger partial charge >= 0.3 is 0 Å². The van der Waals surface area contributed by atoms with Crippen LogP contribution in [-0.4, -0.2) is 18.6 Å². The summed E-state index contributed by atoms with van der Waals surface area (Å²) in [5.41, 5.74) is 0.813. The molecule has 1 atom stereocenters. The van der Waals surface area contributed by atoms with Gasteiger partial charge in [-0.1, -0.05) is 17.3 Å². The van der Waals surface area contributed by atoms with Crippen molar-refractivity contribution in [2.45, 2.75) is 31.3 Å². The molecule has 3 N–H and O–H groups in total. The van der Waals surface area contributed by atoms with E-state index in [9.17, 15) is 8.42 Å². The number of hydrogen-bond acceptors (Lipinski definition) is 6. The van der Waals surface area contributed by atoms with Crippen LogP contribution < -0.4 is 10.5 Å². The van der Waals surface area contributed by atoms with E-state index < -0.39 is 10.0 Å². The number of primary sulfonamides is 1. The zero-order valence-electron chi connectivity index (χ0n) is 11.2. The minimum absolute atomic E-state index is 0.0797. The van der Waals surface area contributed by atoms with Crippen LogP contribution in [0.3, 0.4) is 0 Å². The van der Waals surface area contributed by atoms with Crippen LogP contribution in [0.25, 0.3) is 0 Å². The van der Waals surface area contributed by atoms with E-state index in [1.807, 2.05) is 13.0 Å². The van der Waals surface area contributed by atoms with Crippen LogP contribution >= 0.6 is 0 Å². The second-order valence-corrected chi connectivity index (χ2v) is 6.02. The molecule has 0 fully saturated rings. The number of nitrogens with two attached hydrogens (primary N) is 1. The van der Waals surface area contributed by atoms with Gasteiger partial charge in [-0.3, -0.25) is 0 Å². The lowest BCUT2D eigenvalue weighted by molar-refractivity contribution is 0.357. The van der Waals surface area contributed by atoms with E-state index in [1.165, 1.54) is 6.07 Å². The van der Waals surface area contributed by atoms with Gasteiger partial charge in [0.2, 0.25) is 15.9 Å². The van der Waals surface area contributed by atoms with Crippen LogP contribution in [0.15, 0.2) is 33.7 Å². The predicted octanol–water partition coefficient (Wildman–Crippen LogP) is 0.876. The van der Waals surface area contributed by atoms with Crippen LogP contribution in [0.4, 0.5) is 0 Å². The maximum Gasteiger partial charge on any atom is 0.240 e. The van der Waals surface area contributed by atoms with Crippen molar-refractivity contribution in [3.63, 3.8) is 0 Å². The highest BCUT2D eigenvalue weighted by atomic mass is 32.2. The molecule has 0 spiro atoms. The van der Waals surface area contributed by atoms with Crippen molar-refractivity contribution >= 4 is 10.0 Å². The molecule has 0 amide bonds. The molecule has 20 heavy (non-hydrogen) atoms. The summed E-state index contributed by atoms with van der Waals surface area (Å²) in [5.74, 6) is 1.06. The topological polar surface area (TPSA) is 111 Å². The van der Waals surface area contributed by atoms with Crippen LogP contribution in [0.2, 0.25) is 0 Å². The summed E-state index contributed by atoms with van der Waals surface area (Å²) in [6.07, 6.45) is 0. The van der Waals surface area contributed by atoms with E-state index in [2.05, 4.69) is 15.5 Å². The molecule has 0 radical (unpaired) electrons. The molecule has 2 rings (SSSR count). The average Bonchev–Trinajstić information content (AvgIpc) is 2.81. The molecule has 1 unspecified atom stereocenters. The molecule has 7 nitrogen and oxygen atoms in total. The zero-order valence-corrected chi connectivity index (χ0v) is 12.0. The maximum absolute atomic E-state index is 11.3. The molecule has 2 aromatic rings. The summed E-state index contributed by atoms with van der Waals surface area (Å²) in [6, 6.07) is 6.41. The van der Waals surface area contributed by atoms with Gasteiger partial charge in [-0.25, -0.2) is 13.6 Å². The summed E-state index contributed by atoms with van der Waals surface area (Å²) >= 11 is 0. The van der Waals surface area contributed by atoms with Crippen molar-refractivity contribution in [2.24, 2.45) is 5.14 Å². The summed E-state index contributed by atoms with van der Waals surface area (Å²) in [7, 11) is -3.69. The van der Waals surface area contributed by atoms with Crippen molar-refractivity contribution in [1.82, 2.24) is 15.5 Å². The van der Waals surface area contributed by atoms with Crippen LogP contribution in [-0.2, 0) is 16.6 Å². The monoisotopic (exact) mass is 296 g/mol. The number of nitrogens with zero attached hydrogens (tertiary/aromatic N) is 2. The standard InChI is InChI=1S/C12H16N4O3S/c1-8(14-7-12-15-9(2)16-19-12)10-4-3-5-11(6-10)20(13,17)18/h3-6,8,14H,7H2,1-2H3,(H2,13,17,18). The maximum atomic E-state index is 11.3. The lowest BCUT2D eigenvalue weighted by Crippen LogP contribution is -2.19. The third-order valence-corrected chi connectivity index (χ3v) is 3.73. The number of rotatable bonds is 5. The third-order valence-electron chi connectivity index (χ3n) is 2.82. The fourth-order valence-corrected chi connectivity index (χ4v) is 2.30. The van der Waals surface area contributed by atoms with Gasteiger partial charge < -0.3 is 9.84 Å². The highest BCUT2D eigenvalue weighted by Crippen LogP contribution is 2.17. The van der Waals surface area contributed by atoms with E-state index in [1.54, 1.807) is 19.1 Å². The van der Waals surface area contributed by atoms with Gasteiger partial charge in [0.25, 0.3) is 0 Å². The molecule has 108 valence electrons. The Bertz CT molecular complexity index is 696. The fraction of sp³-hybridized carbons (Fsp3) is 0.333. The fourth-order valence-electron chi connectivity index (χ4n) is 1.73. The zero-order chi connectivity index (χ0) is 14.8. The number of hydrogen-bond donors (Lipinski definition) is 2. The quantitative estimate of drug-likeness (QED) is 0.847. The van der Waals surface area contributed by atoms with Gasteiger partial charge in [-0.15, -0.1) is 0 Å². The van der Waals surface area contributed by atoms with Crippen molar-refractivity contribution in [1.29, 1.82) is 0 Å². The third kappa shape index (κ3) is 3.62. The van der Waals surface area contributed by atoms with Crippen LogP contribution in [0.5, 0.6) is 0 Å². The van der Waals surface area contributed by atoms with Gasteiger partial charge in [-0.05, 0) is 31.5 Å². The summed E-state index contributed by atoms with van der Waals surface area (Å²) in [6.45, 7) is 4.05. The molecule has 1 aromatic carbocycles. The van der Waals surface area contributed by atoms with Crippen molar-refractivity contribution in [2.75, 3.05) is 0 Å². The van der Waals surface area contributed by atoms with Crippen molar-refractivity contribution in [3.8, 4) is 0 Å². The number of aromatic nitrogens is 2. The molecule has 8 heteroatoms. The molecule has 0 saturated heterocycles. The Morgan fingerprint density at radius 2 is 2.20 bits per heavy atom. The first-order valence-electron chi connectivity index (χ1n) is 6.01. The van der Waals surface area contributed by atoms with E-state index in [0.29, 0.717) is 18.3 Å². The number of benzene rings is 1. The van der Waals surface area contributed by atoms with E-state index in [0.717, 1.165) is 5.56 Å². The highest BCUT2D eigenvalue weighted by Gasteiger charge is 2.12. The molecular formula is C12H16N4O3S. The molecule has 0 bridgehead atoms. The van der Waals surface area contributed by atoms with Crippen molar-refractivity contribution in [3.05, 3.63) is 41.5 Å². The minimum Gasteiger partial charge on any atom is -0.338 e. The molecule has 1 aromatic heterocycles. The Morgan fingerprint density at radius 3 is 2.80 bits per heavy atom. The highest BCUT2D eigenvalue weighted by molar-refractivity contribution is 7.89. The van der Waals surface area contributed by atoms with Gasteiger partial charge in [0.15, 0.2) is 5.82 Å². The first-order chi connectivity index (χ1) is 9.36. The molecule has 1 heterocycles. The molecule has 0 aliphatic carbocycles. The van der Waals surface area contributed by atoms with Crippen LogP contribution in [0, 0.1) is 6.92 Å². The summed E-state index contributed by atoms with van der Waals surface area (Å²) < 4.78 is 27.6. The summed E-state index contributed by atoms with van der Waals surface area (Å²) in [5, 5.41) is 12.0. The SMILES string of the molecule is Cc1noc(CNC(C)c2cccc(S(N)(=O)=O)c2)n1. The Morgan fingerprint density at radius 1 is 1.45 bits per heavy atom. The molecular weight excluding hydrogens is 280 g/mol. The van der Waals surface area contributed by atoms with Gasteiger partial charge in [-0.2, -0.15) is 4.98 Å². The Labute approximate surface area is 117 Å². The first-order valence-corrected chi connectivity index (χ1v) is 7.56. The van der Waals surface area contributed by atoms with Gasteiger partial charge in [0, 0.05) is 6.04 Å². The summed E-state index contributed by atoms with van der Waals surface area (Å²) in [4.78, 5) is 4.17. The number of aryl methyl sites for hydroxylation is 1. The Balaban J connectivity index is 2.07. The first kappa shape index (κ1) is 14.6. The second-order valence-electron chi connectivity index (χ2n) is 4.46. The second kappa shape index (κ2) is 5.70. The molecule has 0 aliphatic heterocycles. The average molecular weight is 296 g/mol. The van der Waals surface area contributed by atoms with E-state index >= 15 is 0 Å². The van der Waals surface area contributed by atoms with Crippen molar-refractivity contribution < 1.29 is 12.9 Å². The minimum atomic E-state index is -3.69. The van der Waals surface area contributed by atoms with Gasteiger partial charge in [0.1, 0.15) is 0 Å². The normalized spacial score (nSPS) is 13.3. The van der Waals surface area contributed by atoms with E-state index in [-0.39, 0.29) is 10.9 Å². The number of sulfonamides is 1. The Hall–Kier alpha value is -1.77. The predicted molar refractivity (Wildman–Crippen MR) is 72.1 cm³/mol. The molecule has 0 saturated carbocycles. The van der Waals surface area contributed by atoms with Crippen LogP contribution in [0.1, 0.15) is 30.2 Å². The smallest absolute Gasteiger partial charge is 0.240 e.